The molecule has 7 nitrogen and oxygen atoms in total. The van der Waals surface area contributed by atoms with Gasteiger partial charge in [0, 0.05) is 12.1 Å². The number of esters is 1. The number of nitrogens with one attached hydrogen (secondary N) is 1. The second kappa shape index (κ2) is 7.35. The number of nitrogens with two attached hydrogens (primary N) is 1. The van der Waals surface area contributed by atoms with Crippen LogP contribution in [0.4, 0.5) is 11.5 Å². The fraction of sp³-hybridized carbons (Fsp3) is 0.312. The van der Waals surface area contributed by atoms with E-state index in [4.69, 9.17) is 22.1 Å². The lowest BCUT2D eigenvalue weighted by Crippen LogP contribution is -2.31. The minimum Gasteiger partial charge on any atom is -0.449 e. The van der Waals surface area contributed by atoms with Gasteiger partial charge in [-0.1, -0.05) is 11.6 Å². The highest BCUT2D eigenvalue weighted by Crippen LogP contribution is 2.20. The van der Waals surface area contributed by atoms with E-state index in [-0.39, 0.29) is 17.3 Å². The van der Waals surface area contributed by atoms with E-state index in [0.717, 1.165) is 0 Å². The molecule has 1 aromatic heterocycles. The molecule has 0 radical (unpaired) electrons. The summed E-state index contributed by atoms with van der Waals surface area (Å²) in [5.74, 6) is -0.570. The second-order valence-electron chi connectivity index (χ2n) is 5.53. The van der Waals surface area contributed by atoms with E-state index in [2.05, 4.69) is 10.4 Å². The Morgan fingerprint density at radius 3 is 2.62 bits per heavy atom. The van der Waals surface area contributed by atoms with Crippen LogP contribution in [0.1, 0.15) is 37.2 Å². The fourth-order valence-corrected chi connectivity index (χ4v) is 2.12. The molecule has 1 heterocycles. The number of benzene rings is 1. The minimum absolute atomic E-state index is 0.0881. The fourth-order valence-electron chi connectivity index (χ4n) is 2.01. The molecule has 0 aliphatic heterocycles. The summed E-state index contributed by atoms with van der Waals surface area (Å²) in [7, 11) is 0. The normalized spacial score (nSPS) is 12.0. The Kier molecular flexibility index (Phi) is 5.46. The SMILES string of the molecule is CC(C)n1nccc1NC(=O)[C@@H](C)OC(=O)c1ccc(Cl)c(N)c1. The molecule has 24 heavy (non-hydrogen) atoms. The lowest BCUT2D eigenvalue weighted by Gasteiger charge is -2.16. The van der Waals surface area contributed by atoms with Crippen LogP contribution < -0.4 is 11.1 Å². The number of hydrogen-bond acceptors (Lipinski definition) is 5. The lowest BCUT2D eigenvalue weighted by atomic mass is 10.2. The molecule has 128 valence electrons. The predicted octanol–water partition coefficient (Wildman–Crippen LogP) is 2.88. The molecule has 2 aromatic rings. The Labute approximate surface area is 144 Å². The summed E-state index contributed by atoms with van der Waals surface area (Å²) in [5.41, 5.74) is 6.15. The van der Waals surface area contributed by atoms with Crippen LogP contribution in [0, 0.1) is 0 Å². The van der Waals surface area contributed by atoms with Crippen molar-refractivity contribution in [1.82, 2.24) is 9.78 Å². The van der Waals surface area contributed by atoms with Crippen molar-refractivity contribution in [3.05, 3.63) is 41.0 Å². The van der Waals surface area contributed by atoms with Crippen LogP contribution in [0.25, 0.3) is 0 Å². The van der Waals surface area contributed by atoms with Gasteiger partial charge in [-0.2, -0.15) is 5.10 Å². The molecule has 1 atom stereocenters. The number of ether oxygens (including phenoxy) is 1. The van der Waals surface area contributed by atoms with Crippen LogP contribution in [0.5, 0.6) is 0 Å². The van der Waals surface area contributed by atoms with Gasteiger partial charge < -0.3 is 15.8 Å². The maximum atomic E-state index is 12.2. The first kappa shape index (κ1) is 17.8. The van der Waals surface area contributed by atoms with E-state index < -0.39 is 18.0 Å². The van der Waals surface area contributed by atoms with Crippen molar-refractivity contribution in [2.75, 3.05) is 11.1 Å². The molecule has 0 bridgehead atoms. The maximum absolute atomic E-state index is 12.2. The van der Waals surface area contributed by atoms with Crippen molar-refractivity contribution >= 4 is 35.0 Å². The third kappa shape index (κ3) is 4.05. The highest BCUT2D eigenvalue weighted by molar-refractivity contribution is 6.33. The van der Waals surface area contributed by atoms with Crippen LogP contribution in [0.2, 0.25) is 5.02 Å². The zero-order valence-electron chi connectivity index (χ0n) is 13.6. The molecule has 3 N–H and O–H groups in total. The number of anilines is 2. The summed E-state index contributed by atoms with van der Waals surface area (Å²) in [6.45, 7) is 5.37. The number of carbonyl (C=O) groups excluding carboxylic acids is 2. The van der Waals surface area contributed by atoms with Gasteiger partial charge in [-0.3, -0.25) is 4.79 Å². The van der Waals surface area contributed by atoms with E-state index in [1.165, 1.54) is 25.1 Å². The number of rotatable bonds is 5. The lowest BCUT2D eigenvalue weighted by molar-refractivity contribution is -0.123. The number of carbonyl (C=O) groups is 2. The number of amides is 1. The first-order chi connectivity index (χ1) is 11.3. The van der Waals surface area contributed by atoms with Gasteiger partial charge in [0.2, 0.25) is 0 Å². The summed E-state index contributed by atoms with van der Waals surface area (Å²) in [6.07, 6.45) is 0.605. The Morgan fingerprint density at radius 2 is 2.00 bits per heavy atom. The summed E-state index contributed by atoms with van der Waals surface area (Å²) in [6, 6.07) is 6.15. The van der Waals surface area contributed by atoms with Gasteiger partial charge in [-0.05, 0) is 39.0 Å². The number of halogens is 1. The van der Waals surface area contributed by atoms with Crippen LogP contribution >= 0.6 is 11.6 Å². The van der Waals surface area contributed by atoms with Crippen molar-refractivity contribution in [2.45, 2.75) is 32.9 Å². The van der Waals surface area contributed by atoms with Gasteiger partial charge in [0.05, 0.1) is 22.5 Å². The van der Waals surface area contributed by atoms with Crippen molar-refractivity contribution in [1.29, 1.82) is 0 Å². The van der Waals surface area contributed by atoms with Crippen LogP contribution in [0.3, 0.4) is 0 Å². The second-order valence-corrected chi connectivity index (χ2v) is 5.94. The van der Waals surface area contributed by atoms with Gasteiger partial charge in [-0.25, -0.2) is 9.48 Å². The summed E-state index contributed by atoms with van der Waals surface area (Å²) >= 11 is 5.81. The van der Waals surface area contributed by atoms with Crippen LogP contribution in [-0.4, -0.2) is 27.8 Å². The minimum atomic E-state index is -0.982. The van der Waals surface area contributed by atoms with Crippen molar-refractivity contribution in [3.63, 3.8) is 0 Å². The van der Waals surface area contributed by atoms with E-state index in [1.54, 1.807) is 16.9 Å². The Balaban J connectivity index is 2.01. The first-order valence-electron chi connectivity index (χ1n) is 7.40. The molecule has 2 rings (SSSR count). The molecule has 0 unspecified atom stereocenters. The number of nitrogen functional groups attached to an aromatic ring is 1. The topological polar surface area (TPSA) is 99.2 Å². The smallest absolute Gasteiger partial charge is 0.338 e. The molecule has 0 saturated carbocycles. The molecule has 0 aliphatic rings. The van der Waals surface area contributed by atoms with Gasteiger partial charge in [0.15, 0.2) is 6.10 Å². The van der Waals surface area contributed by atoms with Gasteiger partial charge in [-0.15, -0.1) is 0 Å². The number of hydrogen-bond donors (Lipinski definition) is 2. The Hall–Kier alpha value is -2.54. The molecule has 1 aromatic carbocycles. The van der Waals surface area contributed by atoms with Crippen molar-refractivity contribution in [2.24, 2.45) is 0 Å². The largest absolute Gasteiger partial charge is 0.449 e. The average molecular weight is 351 g/mol. The Morgan fingerprint density at radius 1 is 1.29 bits per heavy atom. The highest BCUT2D eigenvalue weighted by Gasteiger charge is 2.21. The van der Waals surface area contributed by atoms with Gasteiger partial charge in [0.25, 0.3) is 5.91 Å². The summed E-state index contributed by atoms with van der Waals surface area (Å²) in [5, 5.41) is 7.16. The third-order valence-electron chi connectivity index (χ3n) is 3.30. The number of aromatic nitrogens is 2. The molecule has 0 spiro atoms. The molecule has 1 amide bonds. The summed E-state index contributed by atoms with van der Waals surface area (Å²) < 4.78 is 6.82. The predicted molar refractivity (Wildman–Crippen MR) is 92.0 cm³/mol. The molecular formula is C16H19ClN4O3. The first-order valence-corrected chi connectivity index (χ1v) is 7.77. The monoisotopic (exact) mass is 350 g/mol. The molecule has 0 saturated heterocycles. The Bertz CT molecular complexity index is 758. The van der Waals surface area contributed by atoms with E-state index in [0.29, 0.717) is 10.8 Å². The third-order valence-corrected chi connectivity index (χ3v) is 3.64. The molecular weight excluding hydrogens is 332 g/mol. The van der Waals surface area contributed by atoms with Crippen LogP contribution in [0.15, 0.2) is 30.5 Å². The maximum Gasteiger partial charge on any atom is 0.338 e. The van der Waals surface area contributed by atoms with Gasteiger partial charge >= 0.3 is 5.97 Å². The zero-order chi connectivity index (χ0) is 17.9. The molecule has 0 fully saturated rings. The van der Waals surface area contributed by atoms with Crippen LogP contribution in [-0.2, 0) is 9.53 Å². The highest BCUT2D eigenvalue weighted by atomic mass is 35.5. The molecule has 0 aliphatic carbocycles. The van der Waals surface area contributed by atoms with E-state index in [1.807, 2.05) is 13.8 Å². The summed E-state index contributed by atoms with van der Waals surface area (Å²) in [4.78, 5) is 24.3. The van der Waals surface area contributed by atoms with Crippen molar-refractivity contribution < 1.29 is 14.3 Å². The zero-order valence-corrected chi connectivity index (χ0v) is 14.4. The molecule has 8 heteroatoms. The van der Waals surface area contributed by atoms with E-state index in [9.17, 15) is 9.59 Å². The van der Waals surface area contributed by atoms with Crippen molar-refractivity contribution in [3.8, 4) is 0 Å². The average Bonchev–Trinajstić information content (AvgIpc) is 2.98. The van der Waals surface area contributed by atoms with E-state index >= 15 is 0 Å². The quantitative estimate of drug-likeness (QED) is 0.638. The standard InChI is InChI=1S/C16H19ClN4O3/c1-9(2)21-14(6-7-19-21)20-15(22)10(3)24-16(23)11-4-5-12(17)13(18)8-11/h4-10H,18H2,1-3H3,(H,20,22)/t10-/m1/s1. The van der Waals surface area contributed by atoms with Gasteiger partial charge in [0.1, 0.15) is 5.82 Å². The number of nitrogens with zero attached hydrogens (tertiary/aromatic N) is 2.